The summed E-state index contributed by atoms with van der Waals surface area (Å²) >= 11 is 9.16. The Hall–Kier alpha value is -2.87. The summed E-state index contributed by atoms with van der Waals surface area (Å²) in [5.74, 6) is 0.273. The number of aromatic hydroxyl groups is 1. The van der Waals surface area contributed by atoms with Crippen molar-refractivity contribution in [3.05, 3.63) is 87.4 Å². The van der Waals surface area contributed by atoms with E-state index in [1.165, 1.54) is 18.2 Å². The van der Waals surface area contributed by atoms with Gasteiger partial charge in [0.25, 0.3) is 5.91 Å². The Morgan fingerprint density at radius 3 is 2.87 bits per heavy atom. The predicted molar refractivity (Wildman–Crippen MR) is 131 cm³/mol. The third-order valence-corrected chi connectivity index (χ3v) is 6.61. The Balaban J connectivity index is 1.79. The lowest BCUT2D eigenvalue weighted by Gasteiger charge is -2.12. The lowest BCUT2D eigenvalue weighted by molar-refractivity contribution is 0.0955. The highest BCUT2D eigenvalue weighted by molar-refractivity contribution is 8.00. The molecule has 3 rings (SSSR count). The fourth-order valence-corrected chi connectivity index (χ4v) is 4.64. The number of rotatable bonds is 8. The van der Waals surface area contributed by atoms with E-state index in [-0.39, 0.29) is 10.8 Å². The number of thioether (sulfide) groups is 1. The third-order valence-electron chi connectivity index (χ3n) is 4.29. The van der Waals surface area contributed by atoms with Crippen LogP contribution in [0.15, 0.2) is 64.0 Å². The van der Waals surface area contributed by atoms with E-state index >= 15 is 0 Å². The van der Waals surface area contributed by atoms with Crippen LogP contribution in [0.3, 0.4) is 0 Å². The van der Waals surface area contributed by atoms with Gasteiger partial charge in [-0.05, 0) is 41.8 Å². The average molecular weight is 470 g/mol. The minimum absolute atomic E-state index is 0.0815. The number of phenolic OH excluding ortho intramolecular Hbond substituents is 1. The predicted octanol–water partition coefficient (Wildman–Crippen LogP) is 6.23. The van der Waals surface area contributed by atoms with Crippen LogP contribution < -0.4 is 5.43 Å². The van der Waals surface area contributed by atoms with Crippen molar-refractivity contribution in [3.63, 3.8) is 0 Å². The molecule has 0 aliphatic rings. The number of halogens is 1. The van der Waals surface area contributed by atoms with Crippen molar-refractivity contribution >= 4 is 59.0 Å². The van der Waals surface area contributed by atoms with Crippen LogP contribution in [0.1, 0.15) is 39.5 Å². The smallest absolute Gasteiger partial charge is 0.271 e. The van der Waals surface area contributed by atoms with Gasteiger partial charge in [0.1, 0.15) is 10.1 Å². The minimum Gasteiger partial charge on any atom is -0.506 e. The van der Waals surface area contributed by atoms with Crippen LogP contribution in [0.4, 0.5) is 0 Å². The zero-order valence-corrected chi connectivity index (χ0v) is 19.1. The van der Waals surface area contributed by atoms with Crippen molar-refractivity contribution in [2.24, 2.45) is 5.10 Å². The van der Waals surface area contributed by atoms with Gasteiger partial charge in [0, 0.05) is 28.5 Å². The number of phenols is 1. The Kier molecular flexibility index (Phi) is 8.06. The fourth-order valence-electron chi connectivity index (χ4n) is 2.82. The van der Waals surface area contributed by atoms with Crippen LogP contribution in [0.5, 0.6) is 5.75 Å². The maximum atomic E-state index is 12.3. The van der Waals surface area contributed by atoms with Crippen LogP contribution >= 0.6 is 34.7 Å². The molecule has 0 spiro atoms. The highest BCUT2D eigenvalue weighted by Gasteiger charge is 2.11. The molecule has 1 amide bonds. The molecule has 0 saturated heterocycles. The molecule has 0 fully saturated rings. The molecule has 0 saturated carbocycles. The van der Waals surface area contributed by atoms with Gasteiger partial charge >= 0.3 is 0 Å². The molecule has 2 N–H and O–H groups in total. The van der Waals surface area contributed by atoms with Crippen molar-refractivity contribution in [1.29, 1.82) is 0 Å². The first-order valence-electron chi connectivity index (χ1n) is 9.28. The number of hydrogen-bond acceptors (Lipinski definition) is 6. The number of hydrazone groups is 1. The summed E-state index contributed by atoms with van der Waals surface area (Å²) in [4.78, 5) is 16.6. The summed E-state index contributed by atoms with van der Waals surface area (Å²) in [5.41, 5.74) is 6.76. The number of thiazole rings is 1. The molecule has 1 heterocycles. The maximum Gasteiger partial charge on any atom is 0.271 e. The van der Waals surface area contributed by atoms with Crippen LogP contribution in [0.25, 0.3) is 12.2 Å². The number of amides is 1. The van der Waals surface area contributed by atoms with E-state index < -0.39 is 5.91 Å². The van der Waals surface area contributed by atoms with Gasteiger partial charge in [-0.3, -0.25) is 4.79 Å². The van der Waals surface area contributed by atoms with Crippen molar-refractivity contribution < 1.29 is 9.90 Å². The SMILES string of the molecule is C=Cc1c(/C=N/NC(=O)c2ccc(O)c(Cl)c2)ccc(CSc2nccs2)c1/C=C\C. The molecular weight excluding hydrogens is 450 g/mol. The van der Waals surface area contributed by atoms with E-state index in [4.69, 9.17) is 11.6 Å². The number of carbonyl (C=O) groups excluding carboxylic acids is 1. The van der Waals surface area contributed by atoms with E-state index in [9.17, 15) is 9.90 Å². The quantitative estimate of drug-likeness (QED) is 0.233. The topological polar surface area (TPSA) is 74.6 Å². The molecule has 31 heavy (non-hydrogen) atoms. The Morgan fingerprint density at radius 1 is 1.35 bits per heavy atom. The number of allylic oxidation sites excluding steroid dienone is 1. The normalized spacial score (nSPS) is 11.3. The summed E-state index contributed by atoms with van der Waals surface area (Å²) in [6, 6.07) is 8.22. The summed E-state index contributed by atoms with van der Waals surface area (Å²) < 4.78 is 1.02. The number of carbonyl (C=O) groups is 1. The molecule has 0 unspecified atom stereocenters. The zero-order valence-electron chi connectivity index (χ0n) is 16.7. The summed E-state index contributed by atoms with van der Waals surface area (Å²) in [6.07, 6.45) is 9.20. The van der Waals surface area contributed by atoms with Gasteiger partial charge in [0.2, 0.25) is 0 Å². The van der Waals surface area contributed by atoms with Gasteiger partial charge < -0.3 is 5.11 Å². The number of aromatic nitrogens is 1. The summed E-state index contributed by atoms with van der Waals surface area (Å²) in [7, 11) is 0. The molecule has 5 nitrogen and oxygen atoms in total. The van der Waals surface area contributed by atoms with Crippen molar-refractivity contribution in [2.45, 2.75) is 17.0 Å². The number of nitrogens with one attached hydrogen (secondary N) is 1. The van der Waals surface area contributed by atoms with Crippen LogP contribution in [-0.2, 0) is 5.75 Å². The van der Waals surface area contributed by atoms with Gasteiger partial charge in [-0.2, -0.15) is 5.10 Å². The van der Waals surface area contributed by atoms with Crippen molar-refractivity contribution in [3.8, 4) is 5.75 Å². The summed E-state index contributed by atoms with van der Waals surface area (Å²) in [5, 5.41) is 15.6. The third kappa shape index (κ3) is 5.85. The number of nitrogens with zero attached hydrogens (tertiary/aromatic N) is 2. The van der Waals surface area contributed by atoms with E-state index in [0.717, 1.165) is 32.3 Å². The molecular formula is C23H20ClN3O2S2. The lowest BCUT2D eigenvalue weighted by Crippen LogP contribution is -2.17. The summed E-state index contributed by atoms with van der Waals surface area (Å²) in [6.45, 7) is 5.92. The van der Waals surface area contributed by atoms with Crippen molar-refractivity contribution in [2.75, 3.05) is 0 Å². The average Bonchev–Trinajstić information content (AvgIpc) is 3.29. The monoisotopic (exact) mass is 469 g/mol. The first-order chi connectivity index (χ1) is 15.0. The second kappa shape index (κ2) is 10.9. The second-order valence-corrected chi connectivity index (χ2v) is 8.82. The Bertz CT molecular complexity index is 1140. The molecule has 0 radical (unpaired) electrons. The van der Waals surface area contributed by atoms with E-state index in [2.05, 4.69) is 22.1 Å². The maximum absolute atomic E-state index is 12.3. The molecule has 0 aliphatic heterocycles. The first kappa shape index (κ1) is 22.8. The van der Waals surface area contributed by atoms with Gasteiger partial charge in [-0.1, -0.05) is 60.3 Å². The number of hydrogen-bond donors (Lipinski definition) is 2. The molecule has 0 atom stereocenters. The van der Waals surface area contributed by atoms with E-state index in [0.29, 0.717) is 5.56 Å². The zero-order chi connectivity index (χ0) is 22.2. The Labute approximate surface area is 194 Å². The van der Waals surface area contributed by atoms with Crippen molar-refractivity contribution in [1.82, 2.24) is 10.4 Å². The van der Waals surface area contributed by atoms with Gasteiger partial charge in [-0.15, -0.1) is 11.3 Å². The minimum atomic E-state index is -0.427. The first-order valence-corrected chi connectivity index (χ1v) is 11.5. The highest BCUT2D eigenvalue weighted by Crippen LogP contribution is 2.29. The molecule has 158 valence electrons. The molecule has 2 aromatic carbocycles. The van der Waals surface area contributed by atoms with Gasteiger partial charge in [0.15, 0.2) is 0 Å². The fraction of sp³-hybridized carbons (Fsp3) is 0.0870. The van der Waals surface area contributed by atoms with Gasteiger partial charge in [0.05, 0.1) is 11.2 Å². The molecule has 8 heteroatoms. The largest absolute Gasteiger partial charge is 0.506 e. The lowest BCUT2D eigenvalue weighted by atomic mass is 9.96. The standard InChI is InChI=1S/C23H20ClN3O2S2/c1-3-5-19-17(14-31-23-25-10-11-30-23)7-6-16(18(19)4-2)13-26-27-22(29)15-8-9-21(28)20(24)12-15/h3-13,28H,2,14H2,1H3,(H,27,29)/b5-3-,26-13+. The van der Waals surface area contributed by atoms with Crippen LogP contribution in [0.2, 0.25) is 5.02 Å². The molecule has 1 aromatic heterocycles. The molecule has 0 bridgehead atoms. The Morgan fingerprint density at radius 2 is 2.19 bits per heavy atom. The molecule has 3 aromatic rings. The van der Waals surface area contributed by atoms with Crippen LogP contribution in [0, 0.1) is 0 Å². The second-order valence-electron chi connectivity index (χ2n) is 6.30. The van der Waals surface area contributed by atoms with E-state index in [1.807, 2.05) is 36.6 Å². The van der Waals surface area contributed by atoms with E-state index in [1.54, 1.807) is 41.6 Å². The highest BCUT2D eigenvalue weighted by atomic mass is 35.5. The van der Waals surface area contributed by atoms with Crippen LogP contribution in [-0.4, -0.2) is 22.2 Å². The number of benzene rings is 2. The molecule has 0 aliphatic carbocycles. The van der Waals surface area contributed by atoms with Gasteiger partial charge in [-0.25, -0.2) is 10.4 Å².